The van der Waals surface area contributed by atoms with Crippen LogP contribution in [0.15, 0.2) is 12.2 Å². The van der Waals surface area contributed by atoms with Crippen LogP contribution in [0.1, 0.15) is 45.4 Å². The fraction of sp³-hybridized carbons (Fsp3) is 0.667. The molecule has 0 aromatic rings. The first-order chi connectivity index (χ1) is 7.22. The highest BCUT2D eigenvalue weighted by Crippen LogP contribution is 2.04. The topological polar surface area (TPSA) is 52.9 Å². The second kappa shape index (κ2) is 9.26. The van der Waals surface area contributed by atoms with Gasteiger partial charge in [-0.25, -0.2) is 0 Å². The van der Waals surface area contributed by atoms with Gasteiger partial charge >= 0.3 is 0 Å². The number of hydrogen-bond donors (Lipinski definition) is 1. The van der Waals surface area contributed by atoms with Crippen molar-refractivity contribution in [3.63, 3.8) is 0 Å². The number of carbonyl (C=O) groups is 1. The zero-order chi connectivity index (χ0) is 11.5. The summed E-state index contributed by atoms with van der Waals surface area (Å²) in [5, 5.41) is 11.1. The Balaban J connectivity index is 3.28. The van der Waals surface area contributed by atoms with E-state index in [4.69, 9.17) is 5.26 Å². The van der Waals surface area contributed by atoms with Crippen LogP contribution >= 0.6 is 0 Å². The second-order valence-corrected chi connectivity index (χ2v) is 3.61. The molecule has 3 nitrogen and oxygen atoms in total. The molecule has 0 bridgehead atoms. The van der Waals surface area contributed by atoms with Crippen molar-refractivity contribution in [2.75, 3.05) is 6.54 Å². The van der Waals surface area contributed by atoms with Crippen LogP contribution in [0, 0.1) is 11.3 Å². The van der Waals surface area contributed by atoms with E-state index in [1.165, 1.54) is 25.7 Å². The van der Waals surface area contributed by atoms with Crippen molar-refractivity contribution in [3.8, 4) is 6.07 Å². The molecule has 3 heteroatoms. The number of hydrogen-bond acceptors (Lipinski definition) is 2. The van der Waals surface area contributed by atoms with Gasteiger partial charge < -0.3 is 5.32 Å². The van der Waals surface area contributed by atoms with E-state index in [2.05, 4.69) is 18.8 Å². The summed E-state index contributed by atoms with van der Waals surface area (Å²) in [6.07, 6.45) is 7.15. The molecular weight excluding hydrogens is 188 g/mol. The minimum Gasteiger partial charge on any atom is -0.351 e. The molecule has 0 aliphatic carbocycles. The molecule has 0 saturated heterocycles. The van der Waals surface area contributed by atoms with Crippen molar-refractivity contribution in [2.45, 2.75) is 45.4 Å². The summed E-state index contributed by atoms with van der Waals surface area (Å²) >= 11 is 0. The molecule has 15 heavy (non-hydrogen) atoms. The van der Waals surface area contributed by atoms with Crippen LogP contribution in [-0.4, -0.2) is 12.5 Å². The Morgan fingerprint density at radius 2 is 1.87 bits per heavy atom. The SMILES string of the molecule is C=C(C#N)C(=O)NCCCCCCCC. The molecule has 0 unspecified atom stereocenters. The zero-order valence-electron chi connectivity index (χ0n) is 9.51. The summed E-state index contributed by atoms with van der Waals surface area (Å²) in [6.45, 7) is 6.17. The normalized spacial score (nSPS) is 9.33. The van der Waals surface area contributed by atoms with Crippen molar-refractivity contribution in [1.82, 2.24) is 5.32 Å². The average molecular weight is 208 g/mol. The molecule has 84 valence electrons. The van der Waals surface area contributed by atoms with Crippen LogP contribution in [0.2, 0.25) is 0 Å². The highest BCUT2D eigenvalue weighted by Gasteiger charge is 2.03. The van der Waals surface area contributed by atoms with Crippen molar-refractivity contribution >= 4 is 5.91 Å². The highest BCUT2D eigenvalue weighted by molar-refractivity contribution is 5.96. The van der Waals surface area contributed by atoms with Crippen LogP contribution < -0.4 is 5.32 Å². The fourth-order valence-electron chi connectivity index (χ4n) is 1.26. The third-order valence-electron chi connectivity index (χ3n) is 2.22. The van der Waals surface area contributed by atoms with Crippen molar-refractivity contribution in [1.29, 1.82) is 5.26 Å². The Hall–Kier alpha value is -1.30. The monoisotopic (exact) mass is 208 g/mol. The van der Waals surface area contributed by atoms with E-state index in [-0.39, 0.29) is 11.5 Å². The lowest BCUT2D eigenvalue weighted by Crippen LogP contribution is -2.25. The molecule has 0 heterocycles. The third kappa shape index (κ3) is 7.75. The number of nitrogens with one attached hydrogen (secondary N) is 1. The first-order valence-corrected chi connectivity index (χ1v) is 5.59. The predicted octanol–water partition coefficient (Wildman–Crippen LogP) is 2.54. The Bertz CT molecular complexity index is 240. The van der Waals surface area contributed by atoms with Gasteiger partial charge in [0, 0.05) is 6.54 Å². The molecular formula is C12H20N2O. The van der Waals surface area contributed by atoms with Crippen LogP contribution in [0.4, 0.5) is 0 Å². The zero-order valence-corrected chi connectivity index (χ0v) is 9.51. The molecule has 0 aromatic heterocycles. The molecule has 1 amide bonds. The van der Waals surface area contributed by atoms with E-state index in [1.807, 2.05) is 0 Å². The van der Waals surface area contributed by atoms with E-state index in [0.29, 0.717) is 6.54 Å². The van der Waals surface area contributed by atoms with Gasteiger partial charge in [-0.2, -0.15) is 5.26 Å². The Morgan fingerprint density at radius 1 is 1.27 bits per heavy atom. The Labute approximate surface area is 92.2 Å². The van der Waals surface area contributed by atoms with E-state index in [9.17, 15) is 4.79 Å². The number of carbonyl (C=O) groups excluding carboxylic acids is 1. The van der Waals surface area contributed by atoms with Gasteiger partial charge in [0.05, 0.1) is 0 Å². The largest absolute Gasteiger partial charge is 0.351 e. The highest BCUT2D eigenvalue weighted by atomic mass is 16.1. The van der Waals surface area contributed by atoms with Gasteiger partial charge in [0.25, 0.3) is 5.91 Å². The first-order valence-electron chi connectivity index (χ1n) is 5.59. The van der Waals surface area contributed by atoms with Crippen molar-refractivity contribution in [3.05, 3.63) is 12.2 Å². The molecule has 0 radical (unpaired) electrons. The fourth-order valence-corrected chi connectivity index (χ4v) is 1.26. The van der Waals surface area contributed by atoms with Crippen molar-refractivity contribution < 1.29 is 4.79 Å². The summed E-state index contributed by atoms with van der Waals surface area (Å²) in [7, 11) is 0. The molecule has 0 aliphatic heterocycles. The second-order valence-electron chi connectivity index (χ2n) is 3.61. The molecule has 0 aliphatic rings. The maximum absolute atomic E-state index is 11.1. The van der Waals surface area contributed by atoms with E-state index < -0.39 is 0 Å². The lowest BCUT2D eigenvalue weighted by atomic mass is 10.1. The molecule has 0 aromatic carbocycles. The van der Waals surface area contributed by atoms with Crippen LogP contribution in [0.3, 0.4) is 0 Å². The number of unbranched alkanes of at least 4 members (excludes halogenated alkanes) is 5. The summed E-state index contributed by atoms with van der Waals surface area (Å²) in [6, 6.07) is 1.73. The van der Waals surface area contributed by atoms with E-state index in [1.54, 1.807) is 6.07 Å². The number of nitriles is 1. The summed E-state index contributed by atoms with van der Waals surface area (Å²) in [4.78, 5) is 11.1. The van der Waals surface area contributed by atoms with Gasteiger partial charge in [0.2, 0.25) is 0 Å². The van der Waals surface area contributed by atoms with Crippen LogP contribution in [-0.2, 0) is 4.79 Å². The lowest BCUT2D eigenvalue weighted by molar-refractivity contribution is -0.117. The molecule has 0 atom stereocenters. The Morgan fingerprint density at radius 3 is 2.47 bits per heavy atom. The van der Waals surface area contributed by atoms with Gasteiger partial charge in [-0.15, -0.1) is 0 Å². The maximum atomic E-state index is 11.1. The van der Waals surface area contributed by atoms with Crippen LogP contribution in [0.5, 0.6) is 0 Å². The standard InChI is InChI=1S/C12H20N2O/c1-3-4-5-6-7-8-9-14-12(15)11(2)10-13/h2-9H2,1H3,(H,14,15). The molecule has 0 spiro atoms. The predicted molar refractivity (Wildman–Crippen MR) is 61.1 cm³/mol. The molecule has 0 rings (SSSR count). The molecule has 1 N–H and O–H groups in total. The lowest BCUT2D eigenvalue weighted by Gasteiger charge is -2.03. The number of amides is 1. The van der Waals surface area contributed by atoms with Crippen LogP contribution in [0.25, 0.3) is 0 Å². The van der Waals surface area contributed by atoms with E-state index in [0.717, 1.165) is 12.8 Å². The maximum Gasteiger partial charge on any atom is 0.261 e. The quantitative estimate of drug-likeness (QED) is 0.378. The molecule has 0 saturated carbocycles. The third-order valence-corrected chi connectivity index (χ3v) is 2.22. The van der Waals surface area contributed by atoms with E-state index >= 15 is 0 Å². The first kappa shape index (κ1) is 13.7. The summed E-state index contributed by atoms with van der Waals surface area (Å²) in [5.74, 6) is -0.342. The van der Waals surface area contributed by atoms with Crippen molar-refractivity contribution in [2.24, 2.45) is 0 Å². The molecule has 0 fully saturated rings. The average Bonchev–Trinajstić information content (AvgIpc) is 2.26. The summed E-state index contributed by atoms with van der Waals surface area (Å²) in [5.41, 5.74) is -0.0130. The van der Waals surface area contributed by atoms with Gasteiger partial charge in [0.1, 0.15) is 11.6 Å². The van der Waals surface area contributed by atoms with Gasteiger partial charge in [-0.05, 0) is 6.42 Å². The summed E-state index contributed by atoms with van der Waals surface area (Å²) < 4.78 is 0. The smallest absolute Gasteiger partial charge is 0.261 e. The number of rotatable bonds is 8. The van der Waals surface area contributed by atoms with Gasteiger partial charge in [-0.1, -0.05) is 45.6 Å². The minimum atomic E-state index is -0.342. The Kier molecular flexibility index (Phi) is 8.46. The van der Waals surface area contributed by atoms with Gasteiger partial charge in [-0.3, -0.25) is 4.79 Å². The minimum absolute atomic E-state index is 0.0130. The number of nitrogens with zero attached hydrogens (tertiary/aromatic N) is 1. The van der Waals surface area contributed by atoms with Gasteiger partial charge in [0.15, 0.2) is 0 Å².